The summed E-state index contributed by atoms with van der Waals surface area (Å²) in [5, 5.41) is 11.8. The number of carboxylic acid groups (broad SMARTS) is 1. The van der Waals surface area contributed by atoms with Gasteiger partial charge in [-0.2, -0.15) is 0 Å². The van der Waals surface area contributed by atoms with Gasteiger partial charge in [0.25, 0.3) is 5.91 Å². The standard InChI is InChI=1S/C24H26N4O6/c1-13(25)21-20(22(29)26-11-16-4-3-5-17(27-16)24(30)31)28-23(34-21)15-8-9-18(32-2)19(10-15)33-12-14-6-7-14/h3-5,8-10,13-14H,6-7,11-12,25H2,1-2H3,(H,26,29)(H,30,31). The van der Waals surface area contributed by atoms with E-state index in [0.717, 1.165) is 12.8 Å². The van der Waals surface area contributed by atoms with Crippen LogP contribution >= 0.6 is 0 Å². The van der Waals surface area contributed by atoms with Gasteiger partial charge in [-0.05, 0) is 56.0 Å². The number of methoxy groups -OCH3 is 1. The number of hydrogen-bond acceptors (Lipinski definition) is 8. The number of oxazole rings is 1. The van der Waals surface area contributed by atoms with Crippen molar-refractivity contribution < 1.29 is 28.6 Å². The van der Waals surface area contributed by atoms with Gasteiger partial charge >= 0.3 is 5.97 Å². The predicted octanol–water partition coefficient (Wildman–Crippen LogP) is 3.18. The van der Waals surface area contributed by atoms with Crippen molar-refractivity contribution in [2.45, 2.75) is 32.4 Å². The molecule has 1 fully saturated rings. The molecule has 1 atom stereocenters. The fraction of sp³-hybridized carbons (Fsp3) is 0.333. The Bertz CT molecular complexity index is 1200. The van der Waals surface area contributed by atoms with Gasteiger partial charge in [0, 0.05) is 5.56 Å². The van der Waals surface area contributed by atoms with Crippen LogP contribution in [-0.4, -0.2) is 40.7 Å². The van der Waals surface area contributed by atoms with Crippen LogP contribution in [0.15, 0.2) is 40.8 Å². The number of carboxylic acids is 1. The lowest BCUT2D eigenvalue weighted by molar-refractivity contribution is 0.0690. The molecule has 4 rings (SSSR count). The number of aromatic carboxylic acids is 1. The third kappa shape index (κ3) is 5.34. The van der Waals surface area contributed by atoms with Crippen molar-refractivity contribution in [1.29, 1.82) is 0 Å². The molecule has 1 aliphatic carbocycles. The number of ether oxygens (including phenoxy) is 2. The van der Waals surface area contributed by atoms with Crippen molar-refractivity contribution in [3.8, 4) is 23.0 Å². The van der Waals surface area contributed by atoms with E-state index in [0.29, 0.717) is 35.3 Å². The van der Waals surface area contributed by atoms with E-state index in [-0.39, 0.29) is 29.6 Å². The third-order valence-corrected chi connectivity index (χ3v) is 5.32. The number of nitrogens with two attached hydrogens (primary N) is 1. The van der Waals surface area contributed by atoms with Gasteiger partial charge in [0.05, 0.1) is 32.0 Å². The second kappa shape index (κ2) is 9.92. The van der Waals surface area contributed by atoms with Crippen molar-refractivity contribution in [2.24, 2.45) is 11.7 Å². The first-order valence-electron chi connectivity index (χ1n) is 10.9. The number of aromatic nitrogens is 2. The summed E-state index contributed by atoms with van der Waals surface area (Å²) < 4.78 is 17.2. The second-order valence-corrected chi connectivity index (χ2v) is 8.14. The van der Waals surface area contributed by atoms with Crippen LogP contribution in [0.25, 0.3) is 11.5 Å². The monoisotopic (exact) mass is 466 g/mol. The number of rotatable bonds is 10. The van der Waals surface area contributed by atoms with Gasteiger partial charge in [-0.25, -0.2) is 14.8 Å². The minimum Gasteiger partial charge on any atom is -0.493 e. The van der Waals surface area contributed by atoms with Crippen LogP contribution in [0.5, 0.6) is 11.5 Å². The maximum Gasteiger partial charge on any atom is 0.354 e. The number of pyridine rings is 1. The first-order valence-corrected chi connectivity index (χ1v) is 10.9. The normalized spacial score (nSPS) is 13.9. The lowest BCUT2D eigenvalue weighted by Gasteiger charge is -2.11. The molecule has 1 aliphatic rings. The van der Waals surface area contributed by atoms with Crippen LogP contribution in [-0.2, 0) is 6.54 Å². The summed E-state index contributed by atoms with van der Waals surface area (Å²) in [6.07, 6.45) is 2.32. The number of benzene rings is 1. The molecule has 1 saturated carbocycles. The van der Waals surface area contributed by atoms with E-state index in [4.69, 9.17) is 24.7 Å². The fourth-order valence-electron chi connectivity index (χ4n) is 3.29. The second-order valence-electron chi connectivity index (χ2n) is 8.14. The molecule has 1 unspecified atom stereocenters. The van der Waals surface area contributed by atoms with Crippen LogP contribution in [0.1, 0.15) is 58.2 Å². The van der Waals surface area contributed by atoms with Crippen LogP contribution in [0.2, 0.25) is 0 Å². The van der Waals surface area contributed by atoms with Gasteiger partial charge in [0.15, 0.2) is 23.0 Å². The topological polar surface area (TPSA) is 150 Å². The Labute approximate surface area is 196 Å². The zero-order valence-corrected chi connectivity index (χ0v) is 18.9. The van der Waals surface area contributed by atoms with Gasteiger partial charge in [0.1, 0.15) is 5.69 Å². The maximum absolute atomic E-state index is 12.9. The summed E-state index contributed by atoms with van der Waals surface area (Å²) in [5.74, 6) is 0.538. The van der Waals surface area contributed by atoms with Gasteiger partial charge in [-0.15, -0.1) is 0 Å². The average Bonchev–Trinajstić information content (AvgIpc) is 3.56. The van der Waals surface area contributed by atoms with Crippen molar-refractivity contribution in [3.05, 3.63) is 59.2 Å². The smallest absolute Gasteiger partial charge is 0.354 e. The quantitative estimate of drug-likeness (QED) is 0.409. The summed E-state index contributed by atoms with van der Waals surface area (Å²) in [5.41, 5.74) is 6.99. The predicted molar refractivity (Wildman–Crippen MR) is 122 cm³/mol. The molecule has 178 valence electrons. The Morgan fingerprint density at radius 3 is 2.71 bits per heavy atom. The summed E-state index contributed by atoms with van der Waals surface area (Å²) in [4.78, 5) is 32.4. The molecule has 2 heterocycles. The highest BCUT2D eigenvalue weighted by Crippen LogP contribution is 2.36. The summed E-state index contributed by atoms with van der Waals surface area (Å²) in [7, 11) is 1.57. The van der Waals surface area contributed by atoms with Crippen LogP contribution in [0, 0.1) is 5.92 Å². The van der Waals surface area contributed by atoms with Crippen LogP contribution < -0.4 is 20.5 Å². The molecule has 1 aromatic carbocycles. The summed E-state index contributed by atoms with van der Waals surface area (Å²) in [6, 6.07) is 9.26. The lowest BCUT2D eigenvalue weighted by Crippen LogP contribution is -2.26. The molecule has 1 amide bonds. The van der Waals surface area contributed by atoms with Gasteiger partial charge in [0.2, 0.25) is 5.89 Å². The number of carbonyl (C=O) groups is 2. The number of hydrogen-bond donors (Lipinski definition) is 3. The molecule has 0 spiro atoms. The van der Waals surface area contributed by atoms with Crippen molar-refractivity contribution in [2.75, 3.05) is 13.7 Å². The van der Waals surface area contributed by atoms with Crippen molar-refractivity contribution in [1.82, 2.24) is 15.3 Å². The largest absolute Gasteiger partial charge is 0.493 e. The number of nitrogens with zero attached hydrogens (tertiary/aromatic N) is 2. The zero-order valence-electron chi connectivity index (χ0n) is 18.9. The van der Waals surface area contributed by atoms with E-state index >= 15 is 0 Å². The molecule has 4 N–H and O–H groups in total. The Morgan fingerprint density at radius 2 is 2.03 bits per heavy atom. The van der Waals surface area contributed by atoms with E-state index in [1.165, 1.54) is 6.07 Å². The number of nitrogens with one attached hydrogen (secondary N) is 1. The molecular weight excluding hydrogens is 440 g/mol. The zero-order chi connectivity index (χ0) is 24.2. The highest BCUT2D eigenvalue weighted by molar-refractivity contribution is 5.94. The Hall–Kier alpha value is -3.92. The van der Waals surface area contributed by atoms with Gasteiger partial charge in [-0.1, -0.05) is 6.07 Å². The highest BCUT2D eigenvalue weighted by Gasteiger charge is 2.25. The fourth-order valence-corrected chi connectivity index (χ4v) is 3.29. The summed E-state index contributed by atoms with van der Waals surface area (Å²) >= 11 is 0. The highest BCUT2D eigenvalue weighted by atomic mass is 16.5. The lowest BCUT2D eigenvalue weighted by atomic mass is 10.2. The molecule has 0 bridgehead atoms. The van der Waals surface area contributed by atoms with Gasteiger partial charge in [-0.3, -0.25) is 4.79 Å². The van der Waals surface area contributed by atoms with E-state index in [9.17, 15) is 9.59 Å². The molecule has 0 saturated heterocycles. The molecule has 10 nitrogen and oxygen atoms in total. The molecule has 10 heteroatoms. The number of carbonyl (C=O) groups excluding carboxylic acids is 1. The van der Waals surface area contributed by atoms with Gasteiger partial charge < -0.3 is 30.0 Å². The van der Waals surface area contributed by atoms with E-state index in [1.54, 1.807) is 44.4 Å². The average molecular weight is 466 g/mol. The minimum atomic E-state index is -1.14. The molecule has 0 radical (unpaired) electrons. The van der Waals surface area contributed by atoms with Crippen LogP contribution in [0.3, 0.4) is 0 Å². The third-order valence-electron chi connectivity index (χ3n) is 5.32. The van der Waals surface area contributed by atoms with E-state index in [1.807, 2.05) is 0 Å². The van der Waals surface area contributed by atoms with E-state index in [2.05, 4.69) is 15.3 Å². The molecule has 0 aliphatic heterocycles. The van der Waals surface area contributed by atoms with Crippen molar-refractivity contribution >= 4 is 11.9 Å². The SMILES string of the molecule is COc1ccc(-c2nc(C(=O)NCc3cccc(C(=O)O)n3)c(C(C)N)o2)cc1OCC1CC1. The van der Waals surface area contributed by atoms with E-state index < -0.39 is 17.9 Å². The Kier molecular flexibility index (Phi) is 6.78. The molecule has 3 aromatic rings. The minimum absolute atomic E-state index is 0.0161. The summed E-state index contributed by atoms with van der Waals surface area (Å²) in [6.45, 7) is 2.32. The molecular formula is C24H26N4O6. The van der Waals surface area contributed by atoms with Crippen molar-refractivity contribution in [3.63, 3.8) is 0 Å². The Balaban J connectivity index is 1.55. The maximum atomic E-state index is 12.9. The Morgan fingerprint density at radius 1 is 1.24 bits per heavy atom. The van der Waals surface area contributed by atoms with Crippen LogP contribution in [0.4, 0.5) is 0 Å². The first-order chi connectivity index (χ1) is 16.4. The molecule has 34 heavy (non-hydrogen) atoms. The molecule has 2 aromatic heterocycles. The first kappa shape index (κ1) is 23.2. The number of amides is 1.